The number of benzene rings is 2. The standard InChI is InChI=1S/C19H15ClF4N2O2/c1-11-18(28)26(16-7-6-14(20)8-15(16)21)10-17(27)25(11)9-12-2-4-13(5-3-12)19(22,23)24/h2-8,11H,9-10H2,1H3. The van der Waals surface area contributed by atoms with Crippen molar-refractivity contribution in [1.82, 2.24) is 4.90 Å². The molecule has 2 amide bonds. The summed E-state index contributed by atoms with van der Waals surface area (Å²) in [6.07, 6.45) is -4.45. The summed E-state index contributed by atoms with van der Waals surface area (Å²) in [7, 11) is 0. The molecule has 148 valence electrons. The lowest BCUT2D eigenvalue weighted by Gasteiger charge is -2.38. The molecule has 1 aliphatic heterocycles. The van der Waals surface area contributed by atoms with E-state index in [-0.39, 0.29) is 23.8 Å². The lowest BCUT2D eigenvalue weighted by Crippen LogP contribution is -2.58. The van der Waals surface area contributed by atoms with Gasteiger partial charge in [-0.2, -0.15) is 13.2 Å². The van der Waals surface area contributed by atoms with E-state index in [0.717, 1.165) is 23.1 Å². The van der Waals surface area contributed by atoms with Gasteiger partial charge < -0.3 is 4.90 Å². The van der Waals surface area contributed by atoms with E-state index >= 15 is 0 Å². The van der Waals surface area contributed by atoms with E-state index in [1.807, 2.05) is 0 Å². The molecule has 1 atom stereocenters. The average molecular weight is 415 g/mol. The molecule has 2 aromatic rings. The topological polar surface area (TPSA) is 40.6 Å². The number of hydrogen-bond donors (Lipinski definition) is 0. The highest BCUT2D eigenvalue weighted by Gasteiger charge is 2.38. The van der Waals surface area contributed by atoms with Crippen LogP contribution in [-0.2, 0) is 22.3 Å². The highest BCUT2D eigenvalue weighted by Crippen LogP contribution is 2.30. The molecule has 1 heterocycles. The maximum atomic E-state index is 14.1. The van der Waals surface area contributed by atoms with E-state index in [1.54, 1.807) is 0 Å². The van der Waals surface area contributed by atoms with Crippen molar-refractivity contribution >= 4 is 29.1 Å². The van der Waals surface area contributed by atoms with Gasteiger partial charge in [-0.1, -0.05) is 23.7 Å². The van der Waals surface area contributed by atoms with Crippen LogP contribution in [-0.4, -0.2) is 29.3 Å². The van der Waals surface area contributed by atoms with Gasteiger partial charge in [0.25, 0.3) is 0 Å². The third kappa shape index (κ3) is 3.96. The summed E-state index contributed by atoms with van der Waals surface area (Å²) >= 11 is 5.71. The minimum Gasteiger partial charge on any atom is -0.325 e. The van der Waals surface area contributed by atoms with Gasteiger partial charge in [0.15, 0.2) is 0 Å². The summed E-state index contributed by atoms with van der Waals surface area (Å²) in [5, 5.41) is 0.161. The van der Waals surface area contributed by atoms with Crippen LogP contribution in [0.25, 0.3) is 0 Å². The normalized spacial score (nSPS) is 18.0. The highest BCUT2D eigenvalue weighted by atomic mass is 35.5. The number of rotatable bonds is 3. The summed E-state index contributed by atoms with van der Waals surface area (Å²) in [5.41, 5.74) is -0.398. The number of carbonyl (C=O) groups excluding carboxylic acids is 2. The van der Waals surface area contributed by atoms with Crippen molar-refractivity contribution < 1.29 is 27.2 Å². The summed E-state index contributed by atoms with van der Waals surface area (Å²) in [6, 6.07) is 7.25. The number of alkyl halides is 3. The first-order chi connectivity index (χ1) is 13.1. The van der Waals surface area contributed by atoms with Crippen molar-refractivity contribution in [2.45, 2.75) is 25.7 Å². The predicted octanol–water partition coefficient (Wildman–Crippen LogP) is 4.26. The molecule has 9 heteroatoms. The molecule has 0 spiro atoms. The van der Waals surface area contributed by atoms with Crippen molar-refractivity contribution in [2.75, 3.05) is 11.4 Å². The molecule has 2 aromatic carbocycles. The maximum Gasteiger partial charge on any atom is 0.416 e. The van der Waals surface area contributed by atoms with Gasteiger partial charge in [0.05, 0.1) is 11.3 Å². The van der Waals surface area contributed by atoms with Crippen molar-refractivity contribution in [1.29, 1.82) is 0 Å². The Balaban J connectivity index is 1.79. The molecule has 0 bridgehead atoms. The SMILES string of the molecule is CC1C(=O)N(c2ccc(Cl)cc2F)CC(=O)N1Cc1ccc(C(F)(F)F)cc1. The molecule has 0 N–H and O–H groups in total. The molecule has 1 aliphatic rings. The first-order valence-corrected chi connectivity index (χ1v) is 8.68. The molecule has 28 heavy (non-hydrogen) atoms. The number of hydrogen-bond acceptors (Lipinski definition) is 2. The lowest BCUT2D eigenvalue weighted by atomic mass is 10.1. The molecule has 0 radical (unpaired) electrons. The summed E-state index contributed by atoms with van der Waals surface area (Å²) in [6.45, 7) is 1.09. The van der Waals surface area contributed by atoms with Crippen LogP contribution in [0.5, 0.6) is 0 Å². The summed E-state index contributed by atoms with van der Waals surface area (Å²) < 4.78 is 52.1. The van der Waals surface area contributed by atoms with Crippen molar-refractivity contribution in [2.24, 2.45) is 0 Å². The molecule has 0 aliphatic carbocycles. The van der Waals surface area contributed by atoms with Crippen LogP contribution in [0.4, 0.5) is 23.2 Å². The number of nitrogens with zero attached hydrogens (tertiary/aromatic N) is 2. The van der Waals surface area contributed by atoms with Crippen LogP contribution in [0.1, 0.15) is 18.1 Å². The zero-order chi connectivity index (χ0) is 20.6. The number of anilines is 1. The number of halogens is 5. The second-order valence-corrected chi connectivity index (χ2v) is 6.85. The monoisotopic (exact) mass is 414 g/mol. The molecule has 1 fully saturated rings. The number of carbonyl (C=O) groups is 2. The fourth-order valence-corrected chi connectivity index (χ4v) is 3.16. The minimum absolute atomic E-state index is 0.0270. The minimum atomic E-state index is -4.45. The van der Waals surface area contributed by atoms with E-state index in [0.29, 0.717) is 5.56 Å². The Bertz CT molecular complexity index is 915. The largest absolute Gasteiger partial charge is 0.416 e. The summed E-state index contributed by atoms with van der Waals surface area (Å²) in [4.78, 5) is 27.5. The van der Waals surface area contributed by atoms with E-state index in [1.165, 1.54) is 36.1 Å². The smallest absolute Gasteiger partial charge is 0.325 e. The van der Waals surface area contributed by atoms with E-state index < -0.39 is 35.4 Å². The predicted molar refractivity (Wildman–Crippen MR) is 95.2 cm³/mol. The second kappa shape index (κ2) is 7.43. The highest BCUT2D eigenvalue weighted by molar-refractivity contribution is 6.30. The van der Waals surface area contributed by atoms with Crippen molar-refractivity contribution in [3.05, 3.63) is 64.4 Å². The Morgan fingerprint density at radius 2 is 1.75 bits per heavy atom. The summed E-state index contributed by atoms with van der Waals surface area (Å²) in [5.74, 6) is -1.66. The van der Waals surface area contributed by atoms with E-state index in [9.17, 15) is 27.2 Å². The maximum absolute atomic E-state index is 14.1. The van der Waals surface area contributed by atoms with Crippen LogP contribution < -0.4 is 4.90 Å². The molecule has 0 aromatic heterocycles. The molecule has 0 saturated carbocycles. The van der Waals surface area contributed by atoms with Gasteiger partial charge in [-0.3, -0.25) is 14.5 Å². The molecular weight excluding hydrogens is 400 g/mol. The Labute approximate surface area is 163 Å². The van der Waals surface area contributed by atoms with Crippen LogP contribution in [0.15, 0.2) is 42.5 Å². The van der Waals surface area contributed by atoms with Gasteiger partial charge in [0, 0.05) is 11.6 Å². The van der Waals surface area contributed by atoms with Crippen LogP contribution in [0.3, 0.4) is 0 Å². The zero-order valence-electron chi connectivity index (χ0n) is 14.6. The number of piperazine rings is 1. The second-order valence-electron chi connectivity index (χ2n) is 6.41. The Kier molecular flexibility index (Phi) is 5.34. The molecule has 1 unspecified atom stereocenters. The van der Waals surface area contributed by atoms with Crippen LogP contribution in [0, 0.1) is 5.82 Å². The quantitative estimate of drug-likeness (QED) is 0.704. The Hall–Kier alpha value is -2.61. The van der Waals surface area contributed by atoms with Gasteiger partial charge in [-0.25, -0.2) is 4.39 Å². The number of amides is 2. The fourth-order valence-electron chi connectivity index (χ4n) is 3.00. The zero-order valence-corrected chi connectivity index (χ0v) is 15.4. The van der Waals surface area contributed by atoms with Gasteiger partial charge in [-0.15, -0.1) is 0 Å². The van der Waals surface area contributed by atoms with Gasteiger partial charge in [0.2, 0.25) is 11.8 Å². The van der Waals surface area contributed by atoms with Crippen LogP contribution >= 0.6 is 11.6 Å². The molecular formula is C19H15ClF4N2O2. The fraction of sp³-hybridized carbons (Fsp3) is 0.263. The van der Waals surface area contributed by atoms with Crippen molar-refractivity contribution in [3.63, 3.8) is 0 Å². The van der Waals surface area contributed by atoms with E-state index in [4.69, 9.17) is 11.6 Å². The third-order valence-corrected chi connectivity index (χ3v) is 4.77. The van der Waals surface area contributed by atoms with Crippen molar-refractivity contribution in [3.8, 4) is 0 Å². The van der Waals surface area contributed by atoms with Gasteiger partial charge in [0.1, 0.15) is 18.4 Å². The Morgan fingerprint density at radius 3 is 2.32 bits per heavy atom. The molecule has 1 saturated heterocycles. The molecule has 4 nitrogen and oxygen atoms in total. The van der Waals surface area contributed by atoms with Gasteiger partial charge in [-0.05, 0) is 42.8 Å². The van der Waals surface area contributed by atoms with E-state index in [2.05, 4.69) is 0 Å². The Morgan fingerprint density at radius 1 is 1.11 bits per heavy atom. The first-order valence-electron chi connectivity index (χ1n) is 8.30. The lowest BCUT2D eigenvalue weighted by molar-refractivity contribution is -0.143. The molecule has 3 rings (SSSR count). The third-order valence-electron chi connectivity index (χ3n) is 4.54. The van der Waals surface area contributed by atoms with Crippen LogP contribution in [0.2, 0.25) is 5.02 Å². The van der Waals surface area contributed by atoms with Gasteiger partial charge >= 0.3 is 6.18 Å². The first kappa shape index (κ1) is 20.1. The average Bonchev–Trinajstić information content (AvgIpc) is 2.62.